The van der Waals surface area contributed by atoms with Gasteiger partial charge in [0.15, 0.2) is 5.65 Å². The summed E-state index contributed by atoms with van der Waals surface area (Å²) in [6.07, 6.45) is -2.89. The molecular weight excluding hydrogens is 275 g/mol. The third kappa shape index (κ3) is 1.55. The topological polar surface area (TPSA) is 76.5 Å². The Morgan fingerprint density at radius 1 is 1.50 bits per heavy atom. The van der Waals surface area contributed by atoms with E-state index in [9.17, 15) is 18.0 Å². The first-order valence-electron chi connectivity index (χ1n) is 5.77. The lowest BCUT2D eigenvalue weighted by Crippen LogP contribution is -2.27. The number of rotatable bonds is 1. The first kappa shape index (κ1) is 12.7. The van der Waals surface area contributed by atoms with E-state index in [1.807, 2.05) is 0 Å². The number of halogens is 3. The number of carbonyl (C=O) groups excluding carboxylic acids is 1. The van der Waals surface area contributed by atoms with Crippen molar-refractivity contribution in [2.75, 3.05) is 17.2 Å². The van der Waals surface area contributed by atoms with E-state index in [2.05, 4.69) is 10.1 Å². The number of fused-ring (bicyclic) bond motifs is 3. The summed E-state index contributed by atoms with van der Waals surface area (Å²) in [6, 6.07) is 0. The molecule has 0 bridgehead atoms. The number of anilines is 2. The van der Waals surface area contributed by atoms with Gasteiger partial charge in [-0.25, -0.2) is 9.50 Å². The second-order valence-electron chi connectivity index (χ2n) is 4.62. The van der Waals surface area contributed by atoms with Crippen molar-refractivity contribution in [3.63, 3.8) is 0 Å². The standard InChI is InChI=1S/C11H10F3N5O/c1-5-8(15)10-16-2-7-9(19(10)17-5)6(11(12,13)14)3-18(7)4-20/h2,4,6H,3,15H2,1H3. The Labute approximate surface area is 111 Å². The highest BCUT2D eigenvalue weighted by Crippen LogP contribution is 2.44. The van der Waals surface area contributed by atoms with E-state index < -0.39 is 18.6 Å². The fourth-order valence-corrected chi connectivity index (χ4v) is 2.40. The minimum Gasteiger partial charge on any atom is -0.394 e. The van der Waals surface area contributed by atoms with Gasteiger partial charge >= 0.3 is 6.18 Å². The Bertz CT molecular complexity index is 708. The molecule has 0 fully saturated rings. The maximum Gasteiger partial charge on any atom is 0.399 e. The van der Waals surface area contributed by atoms with Crippen molar-refractivity contribution >= 4 is 23.4 Å². The minimum atomic E-state index is -4.48. The van der Waals surface area contributed by atoms with E-state index in [1.54, 1.807) is 6.92 Å². The summed E-state index contributed by atoms with van der Waals surface area (Å²) < 4.78 is 40.5. The number of carbonyl (C=O) groups is 1. The van der Waals surface area contributed by atoms with Crippen LogP contribution < -0.4 is 10.6 Å². The van der Waals surface area contributed by atoms with Gasteiger partial charge in [-0.3, -0.25) is 4.79 Å². The number of amides is 1. The maximum absolute atomic E-state index is 13.1. The summed E-state index contributed by atoms with van der Waals surface area (Å²) in [4.78, 5) is 15.9. The molecule has 6 nitrogen and oxygen atoms in total. The van der Waals surface area contributed by atoms with Gasteiger partial charge in [-0.05, 0) is 6.92 Å². The molecule has 0 aliphatic carbocycles. The molecule has 0 spiro atoms. The van der Waals surface area contributed by atoms with Crippen molar-refractivity contribution in [2.45, 2.75) is 19.0 Å². The van der Waals surface area contributed by atoms with Gasteiger partial charge in [0.05, 0.1) is 23.3 Å². The van der Waals surface area contributed by atoms with Crippen molar-refractivity contribution in [2.24, 2.45) is 0 Å². The molecule has 1 atom stereocenters. The molecule has 3 heterocycles. The predicted molar refractivity (Wildman–Crippen MR) is 64.3 cm³/mol. The van der Waals surface area contributed by atoms with E-state index in [-0.39, 0.29) is 22.7 Å². The van der Waals surface area contributed by atoms with E-state index in [0.717, 1.165) is 9.42 Å². The number of nitrogen functional groups attached to an aromatic ring is 1. The Morgan fingerprint density at radius 2 is 2.20 bits per heavy atom. The van der Waals surface area contributed by atoms with E-state index in [0.29, 0.717) is 12.1 Å². The van der Waals surface area contributed by atoms with Gasteiger partial charge in [0.1, 0.15) is 11.6 Å². The summed E-state index contributed by atoms with van der Waals surface area (Å²) in [5, 5.41) is 4.00. The van der Waals surface area contributed by atoms with Gasteiger partial charge in [-0.15, -0.1) is 0 Å². The quantitative estimate of drug-likeness (QED) is 0.800. The fraction of sp³-hybridized carbons (Fsp3) is 0.364. The number of nitrogens with two attached hydrogens (primary N) is 1. The average Bonchev–Trinajstić information content (AvgIpc) is 2.88. The van der Waals surface area contributed by atoms with Gasteiger partial charge in [-0.2, -0.15) is 18.3 Å². The molecule has 0 saturated heterocycles. The Hall–Kier alpha value is -2.32. The SMILES string of the molecule is Cc1nn2c3c(cnc2c1N)N(C=O)CC3C(F)(F)F. The average molecular weight is 285 g/mol. The molecule has 0 saturated carbocycles. The van der Waals surface area contributed by atoms with Crippen LogP contribution in [0.3, 0.4) is 0 Å². The van der Waals surface area contributed by atoms with E-state index in [4.69, 9.17) is 5.73 Å². The second-order valence-corrected chi connectivity index (χ2v) is 4.62. The molecule has 2 N–H and O–H groups in total. The number of nitrogens with zero attached hydrogens (tertiary/aromatic N) is 4. The number of hydrogen-bond donors (Lipinski definition) is 1. The normalized spacial score (nSPS) is 18.6. The van der Waals surface area contributed by atoms with Gasteiger partial charge in [-0.1, -0.05) is 0 Å². The molecule has 9 heteroatoms. The van der Waals surface area contributed by atoms with Crippen molar-refractivity contribution in [1.29, 1.82) is 0 Å². The van der Waals surface area contributed by atoms with Crippen molar-refractivity contribution < 1.29 is 18.0 Å². The Morgan fingerprint density at radius 3 is 2.80 bits per heavy atom. The highest BCUT2D eigenvalue weighted by molar-refractivity contribution is 5.81. The first-order valence-corrected chi connectivity index (χ1v) is 5.77. The third-order valence-corrected chi connectivity index (χ3v) is 3.42. The molecule has 0 radical (unpaired) electrons. The molecule has 3 rings (SSSR count). The van der Waals surface area contributed by atoms with Crippen LogP contribution in [0, 0.1) is 6.92 Å². The van der Waals surface area contributed by atoms with Crippen LogP contribution in [0.1, 0.15) is 17.3 Å². The first-order chi connectivity index (χ1) is 9.34. The molecule has 1 aliphatic rings. The highest BCUT2D eigenvalue weighted by Gasteiger charge is 2.49. The molecule has 1 amide bonds. The fourth-order valence-electron chi connectivity index (χ4n) is 2.40. The van der Waals surface area contributed by atoms with Gasteiger partial charge in [0.2, 0.25) is 6.41 Å². The zero-order valence-electron chi connectivity index (χ0n) is 10.3. The summed E-state index contributed by atoms with van der Waals surface area (Å²) in [5.41, 5.74) is 6.55. The van der Waals surface area contributed by atoms with Gasteiger partial charge < -0.3 is 10.6 Å². The molecule has 0 aromatic carbocycles. The zero-order valence-corrected chi connectivity index (χ0v) is 10.3. The number of aryl methyl sites for hydroxylation is 1. The lowest BCUT2D eigenvalue weighted by atomic mass is 10.1. The maximum atomic E-state index is 13.1. The number of hydrogen-bond acceptors (Lipinski definition) is 4. The summed E-state index contributed by atoms with van der Waals surface area (Å²) in [6.45, 7) is 1.12. The molecule has 1 aliphatic heterocycles. The molecule has 20 heavy (non-hydrogen) atoms. The van der Waals surface area contributed by atoms with Crippen LogP contribution >= 0.6 is 0 Å². The van der Waals surface area contributed by atoms with E-state index in [1.165, 1.54) is 6.20 Å². The van der Waals surface area contributed by atoms with Crippen molar-refractivity contribution in [3.8, 4) is 0 Å². The molecule has 106 valence electrons. The van der Waals surface area contributed by atoms with Crippen LogP contribution in [0.4, 0.5) is 24.5 Å². The predicted octanol–water partition coefficient (Wildman–Crippen LogP) is 1.24. The molecular formula is C11H10F3N5O. The number of alkyl halides is 3. The van der Waals surface area contributed by atoms with Gasteiger partial charge in [0.25, 0.3) is 0 Å². The van der Waals surface area contributed by atoms with Crippen molar-refractivity contribution in [1.82, 2.24) is 14.6 Å². The molecule has 1 unspecified atom stereocenters. The second kappa shape index (κ2) is 3.84. The molecule has 2 aromatic heterocycles. The Balaban J connectivity index is 2.34. The lowest BCUT2D eigenvalue weighted by molar-refractivity contribution is -0.147. The zero-order chi connectivity index (χ0) is 14.7. The largest absolute Gasteiger partial charge is 0.399 e. The van der Waals surface area contributed by atoms with Crippen LogP contribution in [-0.2, 0) is 4.79 Å². The van der Waals surface area contributed by atoms with Crippen LogP contribution in [0.2, 0.25) is 0 Å². The minimum absolute atomic E-state index is 0.102. The molecule has 2 aromatic rings. The lowest BCUT2D eigenvalue weighted by Gasteiger charge is -2.15. The van der Waals surface area contributed by atoms with Crippen LogP contribution in [0.15, 0.2) is 6.20 Å². The third-order valence-electron chi connectivity index (χ3n) is 3.42. The summed E-state index contributed by atoms with van der Waals surface area (Å²) in [7, 11) is 0. The van der Waals surface area contributed by atoms with Crippen LogP contribution in [0.5, 0.6) is 0 Å². The summed E-state index contributed by atoms with van der Waals surface area (Å²) in [5.74, 6) is -1.80. The van der Waals surface area contributed by atoms with E-state index >= 15 is 0 Å². The monoisotopic (exact) mass is 285 g/mol. The Kier molecular flexibility index (Phi) is 2.44. The van der Waals surface area contributed by atoms with Crippen LogP contribution in [-0.4, -0.2) is 33.7 Å². The smallest absolute Gasteiger partial charge is 0.394 e. The van der Waals surface area contributed by atoms with Crippen molar-refractivity contribution in [3.05, 3.63) is 17.6 Å². The number of aromatic nitrogens is 3. The van der Waals surface area contributed by atoms with Gasteiger partial charge in [0, 0.05) is 6.54 Å². The van der Waals surface area contributed by atoms with Crippen LogP contribution in [0.25, 0.3) is 5.65 Å². The summed E-state index contributed by atoms with van der Waals surface area (Å²) >= 11 is 0. The highest BCUT2D eigenvalue weighted by atomic mass is 19.4.